The molecule has 0 aliphatic heterocycles. The number of methoxy groups -OCH3 is 1. The molecule has 1 saturated carbocycles. The molecule has 0 aromatic carbocycles. The average Bonchev–Trinajstić information content (AvgIpc) is 2.87. The number of esters is 1. The average molecular weight is 248 g/mol. The second-order valence-electron chi connectivity index (χ2n) is 4.76. The van der Waals surface area contributed by atoms with Gasteiger partial charge in [0.25, 0.3) is 5.82 Å². The van der Waals surface area contributed by atoms with Crippen molar-refractivity contribution in [2.75, 3.05) is 7.11 Å². The molecule has 1 aromatic heterocycles. The van der Waals surface area contributed by atoms with E-state index in [0.717, 1.165) is 19.3 Å². The third kappa shape index (κ3) is 2.35. The number of carbonyl (C=O) groups is 1. The minimum Gasteiger partial charge on any atom is -0.463 e. The number of aromatic nitrogens is 3. The van der Waals surface area contributed by atoms with Gasteiger partial charge >= 0.3 is 5.97 Å². The molecule has 1 aliphatic rings. The van der Waals surface area contributed by atoms with Crippen molar-refractivity contribution in [1.82, 2.24) is 14.8 Å². The van der Waals surface area contributed by atoms with E-state index in [-0.39, 0.29) is 17.8 Å². The van der Waals surface area contributed by atoms with E-state index in [9.17, 15) is 4.79 Å². The van der Waals surface area contributed by atoms with Gasteiger partial charge in [-0.3, -0.25) is 0 Å². The first kappa shape index (κ1) is 12.6. The zero-order chi connectivity index (χ0) is 13.1. The van der Waals surface area contributed by atoms with Crippen molar-refractivity contribution >= 4 is 5.97 Å². The van der Waals surface area contributed by atoms with E-state index in [1.54, 1.807) is 4.68 Å². The number of hydrogen-bond acceptors (Lipinski definition) is 5. The molecule has 1 heterocycles. The normalized spacial score (nSPS) is 27.5. The third-order valence-corrected chi connectivity index (χ3v) is 3.46. The van der Waals surface area contributed by atoms with Crippen LogP contribution < -0.4 is 0 Å². The van der Waals surface area contributed by atoms with Crippen LogP contribution in [0.1, 0.15) is 42.8 Å². The summed E-state index contributed by atoms with van der Waals surface area (Å²) < 4.78 is 6.20. The molecule has 2 rings (SSSR count). The highest BCUT2D eigenvalue weighted by Crippen LogP contribution is 2.36. The van der Waals surface area contributed by atoms with Crippen LogP contribution in [0, 0.1) is 23.2 Å². The fourth-order valence-electron chi connectivity index (χ4n) is 2.41. The summed E-state index contributed by atoms with van der Waals surface area (Å²) in [6.07, 6.45) is 4.34. The van der Waals surface area contributed by atoms with Crippen LogP contribution in [0.25, 0.3) is 0 Å². The molecule has 1 aromatic rings. The van der Waals surface area contributed by atoms with Gasteiger partial charge in [-0.25, -0.2) is 14.5 Å². The summed E-state index contributed by atoms with van der Waals surface area (Å²) in [6, 6.07) is 2.33. The molecular weight excluding hydrogens is 232 g/mol. The highest BCUT2D eigenvalue weighted by molar-refractivity contribution is 5.84. The van der Waals surface area contributed by atoms with E-state index in [1.807, 2.05) is 0 Å². The molecule has 1 fully saturated rings. The second-order valence-corrected chi connectivity index (χ2v) is 4.76. The van der Waals surface area contributed by atoms with Crippen LogP contribution in [0.5, 0.6) is 0 Å². The maximum Gasteiger partial charge on any atom is 0.377 e. The van der Waals surface area contributed by atoms with Gasteiger partial charge in [-0.1, -0.05) is 6.92 Å². The van der Waals surface area contributed by atoms with Gasteiger partial charge in [0.1, 0.15) is 6.33 Å². The quantitative estimate of drug-likeness (QED) is 0.742. The minimum atomic E-state index is -0.550. The van der Waals surface area contributed by atoms with Crippen molar-refractivity contribution in [1.29, 1.82) is 5.26 Å². The summed E-state index contributed by atoms with van der Waals surface area (Å²) in [5, 5.41) is 13.3. The van der Waals surface area contributed by atoms with Crippen LogP contribution in [-0.4, -0.2) is 27.8 Å². The van der Waals surface area contributed by atoms with Crippen molar-refractivity contribution in [3.8, 4) is 6.07 Å². The van der Waals surface area contributed by atoms with Crippen molar-refractivity contribution < 1.29 is 9.53 Å². The van der Waals surface area contributed by atoms with Gasteiger partial charge in [0.05, 0.1) is 25.1 Å². The van der Waals surface area contributed by atoms with Gasteiger partial charge in [0, 0.05) is 0 Å². The minimum absolute atomic E-state index is 0.00431. The molecule has 0 radical (unpaired) electrons. The molecule has 1 aliphatic carbocycles. The lowest BCUT2D eigenvalue weighted by atomic mass is 9.80. The van der Waals surface area contributed by atoms with Crippen molar-refractivity contribution in [2.45, 2.75) is 32.2 Å². The lowest BCUT2D eigenvalue weighted by molar-refractivity contribution is 0.0585. The molecule has 0 spiro atoms. The smallest absolute Gasteiger partial charge is 0.377 e. The first-order valence-electron chi connectivity index (χ1n) is 6.04. The number of carbonyl (C=O) groups excluding carboxylic acids is 1. The van der Waals surface area contributed by atoms with E-state index < -0.39 is 5.97 Å². The van der Waals surface area contributed by atoms with Crippen LogP contribution in [0.4, 0.5) is 0 Å². The van der Waals surface area contributed by atoms with Gasteiger partial charge in [0.2, 0.25) is 0 Å². The molecule has 6 heteroatoms. The molecule has 0 amide bonds. The van der Waals surface area contributed by atoms with Crippen LogP contribution in [0.15, 0.2) is 6.33 Å². The fraction of sp³-hybridized carbons (Fsp3) is 0.667. The molecular formula is C12H16N4O2. The lowest BCUT2D eigenvalue weighted by Gasteiger charge is -2.30. The summed E-state index contributed by atoms with van der Waals surface area (Å²) in [5.41, 5.74) is 0. The lowest BCUT2D eigenvalue weighted by Crippen LogP contribution is -2.26. The van der Waals surface area contributed by atoms with Crippen LogP contribution in [0.2, 0.25) is 0 Å². The zero-order valence-corrected chi connectivity index (χ0v) is 10.5. The van der Waals surface area contributed by atoms with Crippen molar-refractivity contribution in [3.05, 3.63) is 12.2 Å². The Kier molecular flexibility index (Phi) is 3.60. The highest BCUT2D eigenvalue weighted by atomic mass is 16.5. The summed E-state index contributed by atoms with van der Waals surface area (Å²) >= 11 is 0. The van der Waals surface area contributed by atoms with Gasteiger partial charge < -0.3 is 4.74 Å². The summed E-state index contributed by atoms with van der Waals surface area (Å²) in [4.78, 5) is 15.2. The Morgan fingerprint density at radius 3 is 3.06 bits per heavy atom. The standard InChI is InChI=1S/C12H16N4O2/c1-8-3-4-9(6-13)10(5-8)16-7-14-11(15-16)12(17)18-2/h7-10H,3-5H2,1-2H3. The number of ether oxygens (including phenoxy) is 1. The monoisotopic (exact) mass is 248 g/mol. The molecule has 3 unspecified atom stereocenters. The largest absolute Gasteiger partial charge is 0.463 e. The number of rotatable bonds is 2. The Hall–Kier alpha value is -1.90. The van der Waals surface area contributed by atoms with E-state index >= 15 is 0 Å². The van der Waals surface area contributed by atoms with E-state index in [4.69, 9.17) is 5.26 Å². The maximum atomic E-state index is 11.3. The molecule has 0 saturated heterocycles. The molecule has 0 N–H and O–H groups in total. The zero-order valence-electron chi connectivity index (χ0n) is 10.5. The Balaban J connectivity index is 2.21. The Morgan fingerprint density at radius 2 is 2.39 bits per heavy atom. The second kappa shape index (κ2) is 5.17. The molecule has 0 bridgehead atoms. The Bertz CT molecular complexity index is 477. The van der Waals surface area contributed by atoms with E-state index in [2.05, 4.69) is 27.8 Å². The van der Waals surface area contributed by atoms with Gasteiger partial charge in [-0.2, -0.15) is 5.26 Å². The summed E-state index contributed by atoms with van der Waals surface area (Å²) in [5.74, 6) is -0.00249. The summed E-state index contributed by atoms with van der Waals surface area (Å²) in [7, 11) is 1.30. The van der Waals surface area contributed by atoms with Gasteiger partial charge in [-0.15, -0.1) is 5.10 Å². The summed E-state index contributed by atoms with van der Waals surface area (Å²) in [6.45, 7) is 2.17. The predicted molar refractivity (Wildman–Crippen MR) is 62.5 cm³/mol. The predicted octanol–water partition coefficient (Wildman–Crippen LogP) is 1.57. The SMILES string of the molecule is COC(=O)c1ncn(C2CC(C)CCC2C#N)n1. The fourth-order valence-corrected chi connectivity index (χ4v) is 2.41. The van der Waals surface area contributed by atoms with Crippen molar-refractivity contribution in [2.24, 2.45) is 11.8 Å². The van der Waals surface area contributed by atoms with E-state index in [1.165, 1.54) is 13.4 Å². The highest BCUT2D eigenvalue weighted by Gasteiger charge is 2.31. The first-order valence-corrected chi connectivity index (χ1v) is 6.04. The third-order valence-electron chi connectivity index (χ3n) is 3.46. The Morgan fingerprint density at radius 1 is 1.61 bits per heavy atom. The van der Waals surface area contributed by atoms with Crippen molar-refractivity contribution in [3.63, 3.8) is 0 Å². The molecule has 18 heavy (non-hydrogen) atoms. The topological polar surface area (TPSA) is 80.8 Å². The molecule has 3 atom stereocenters. The number of nitrogens with zero attached hydrogens (tertiary/aromatic N) is 4. The number of hydrogen-bond donors (Lipinski definition) is 0. The van der Waals surface area contributed by atoms with Crippen LogP contribution in [0.3, 0.4) is 0 Å². The number of nitriles is 1. The van der Waals surface area contributed by atoms with Gasteiger partial charge in [0.15, 0.2) is 0 Å². The van der Waals surface area contributed by atoms with Crippen LogP contribution >= 0.6 is 0 Å². The van der Waals surface area contributed by atoms with E-state index in [0.29, 0.717) is 5.92 Å². The van der Waals surface area contributed by atoms with Gasteiger partial charge in [-0.05, 0) is 25.2 Å². The van der Waals surface area contributed by atoms with Crippen LogP contribution in [-0.2, 0) is 4.74 Å². The molecule has 96 valence electrons. The molecule has 6 nitrogen and oxygen atoms in total. The maximum absolute atomic E-state index is 11.3. The first-order chi connectivity index (χ1) is 8.65. The Labute approximate surface area is 106 Å².